The Bertz CT molecular complexity index is 2760. The van der Waals surface area contributed by atoms with Gasteiger partial charge in [-0.25, -0.2) is 15.0 Å². The Morgan fingerprint density at radius 2 is 0.635 bits per heavy atom. The van der Waals surface area contributed by atoms with Gasteiger partial charge in [0, 0.05) is 41.5 Å². The highest BCUT2D eigenvalue weighted by atomic mass is 15.0. The van der Waals surface area contributed by atoms with E-state index in [1.807, 2.05) is 24.3 Å². The quantitative estimate of drug-likeness (QED) is 0.171. The van der Waals surface area contributed by atoms with Crippen LogP contribution in [0, 0.1) is 0 Å². The van der Waals surface area contributed by atoms with Crippen molar-refractivity contribution in [3.63, 3.8) is 0 Å². The van der Waals surface area contributed by atoms with Crippen molar-refractivity contribution in [3.05, 3.63) is 176 Å². The molecule has 3 aromatic heterocycles. The van der Waals surface area contributed by atoms with Gasteiger partial charge in [-0.2, -0.15) is 0 Å². The maximum atomic E-state index is 5.05. The van der Waals surface area contributed by atoms with Gasteiger partial charge < -0.3 is 0 Å². The molecule has 7 aromatic carbocycles. The van der Waals surface area contributed by atoms with Gasteiger partial charge in [0.1, 0.15) is 0 Å². The van der Waals surface area contributed by atoms with Gasteiger partial charge in [0.25, 0.3) is 0 Å². The van der Waals surface area contributed by atoms with Gasteiger partial charge in [-0.3, -0.25) is 9.97 Å². The first kappa shape index (κ1) is 29.8. The number of nitrogens with zero attached hydrogens (tertiary/aromatic N) is 5. The summed E-state index contributed by atoms with van der Waals surface area (Å²) >= 11 is 0. The number of aromatic nitrogens is 5. The van der Waals surface area contributed by atoms with E-state index >= 15 is 0 Å². The van der Waals surface area contributed by atoms with E-state index in [1.165, 1.54) is 43.1 Å². The molecule has 0 saturated carbocycles. The number of hydrogen-bond donors (Lipinski definition) is 0. The van der Waals surface area contributed by atoms with Crippen LogP contribution in [0.15, 0.2) is 176 Å². The Morgan fingerprint density at radius 1 is 0.250 bits per heavy atom. The molecule has 242 valence electrons. The molecule has 0 radical (unpaired) electrons. The molecular weight excluding hydrogens is 635 g/mol. The minimum atomic E-state index is 0.555. The maximum absolute atomic E-state index is 5.05. The van der Waals surface area contributed by atoms with Crippen molar-refractivity contribution in [1.82, 2.24) is 24.9 Å². The topological polar surface area (TPSA) is 64.5 Å². The number of benzene rings is 7. The van der Waals surface area contributed by atoms with Crippen LogP contribution in [0.1, 0.15) is 0 Å². The molecule has 0 atom stereocenters. The third-order valence-electron chi connectivity index (χ3n) is 9.74. The Morgan fingerprint density at radius 3 is 1.06 bits per heavy atom. The molecule has 0 spiro atoms. The van der Waals surface area contributed by atoms with Gasteiger partial charge in [-0.1, -0.05) is 72.8 Å². The van der Waals surface area contributed by atoms with E-state index < -0.39 is 0 Å². The molecule has 52 heavy (non-hydrogen) atoms. The predicted octanol–water partition coefficient (Wildman–Crippen LogP) is 11.6. The molecule has 0 fully saturated rings. The largest absolute Gasteiger partial charge is 0.264 e. The second-order valence-corrected chi connectivity index (χ2v) is 13.1. The van der Waals surface area contributed by atoms with E-state index in [1.54, 1.807) is 24.8 Å². The van der Waals surface area contributed by atoms with E-state index in [-0.39, 0.29) is 0 Å². The second-order valence-electron chi connectivity index (χ2n) is 13.1. The molecule has 3 heterocycles. The third-order valence-corrected chi connectivity index (χ3v) is 9.74. The van der Waals surface area contributed by atoms with E-state index in [4.69, 9.17) is 15.0 Å². The highest BCUT2D eigenvalue weighted by molar-refractivity contribution is 6.01. The van der Waals surface area contributed by atoms with Gasteiger partial charge in [-0.15, -0.1) is 0 Å². The summed E-state index contributed by atoms with van der Waals surface area (Å²) in [5.41, 5.74) is 6.91. The lowest BCUT2D eigenvalue weighted by Gasteiger charge is -2.13. The van der Waals surface area contributed by atoms with Crippen LogP contribution in [-0.2, 0) is 0 Å². The van der Waals surface area contributed by atoms with Crippen molar-refractivity contribution in [2.24, 2.45) is 0 Å². The predicted molar refractivity (Wildman–Crippen MR) is 213 cm³/mol. The summed E-state index contributed by atoms with van der Waals surface area (Å²) in [5, 5.41) is 9.72. The van der Waals surface area contributed by atoms with Crippen molar-refractivity contribution in [2.45, 2.75) is 0 Å². The molecule has 10 rings (SSSR count). The SMILES string of the molecule is c1cncc(-c2nc(-c3cccnc3)nc(-c3cc(-c4ccc5cc6ccccc6cc5c4)cc(-c4ccc5cc6ccccc6cc5c4)c3)n2)c1. The molecule has 0 aliphatic heterocycles. The normalized spacial score (nSPS) is 11.5. The van der Waals surface area contributed by atoms with E-state index in [9.17, 15) is 0 Å². The highest BCUT2D eigenvalue weighted by Gasteiger charge is 2.16. The first-order valence-electron chi connectivity index (χ1n) is 17.3. The van der Waals surface area contributed by atoms with Crippen LogP contribution >= 0.6 is 0 Å². The summed E-state index contributed by atoms with van der Waals surface area (Å²) in [4.78, 5) is 23.7. The van der Waals surface area contributed by atoms with Gasteiger partial charge in [0.15, 0.2) is 17.5 Å². The lowest BCUT2D eigenvalue weighted by Crippen LogP contribution is -2.01. The minimum Gasteiger partial charge on any atom is -0.264 e. The fraction of sp³-hybridized carbons (Fsp3) is 0. The van der Waals surface area contributed by atoms with Gasteiger partial charge in [0.2, 0.25) is 0 Å². The van der Waals surface area contributed by atoms with E-state index in [2.05, 4.69) is 137 Å². The Kier molecular flexibility index (Phi) is 7.07. The Balaban J connectivity index is 1.19. The zero-order valence-electron chi connectivity index (χ0n) is 28.0. The first-order chi connectivity index (χ1) is 25.7. The summed E-state index contributed by atoms with van der Waals surface area (Å²) in [7, 11) is 0. The smallest absolute Gasteiger partial charge is 0.165 e. The molecule has 0 unspecified atom stereocenters. The fourth-order valence-corrected chi connectivity index (χ4v) is 7.08. The van der Waals surface area contributed by atoms with Crippen LogP contribution in [0.25, 0.3) is 99.5 Å². The molecule has 0 amide bonds. The zero-order chi connectivity index (χ0) is 34.4. The van der Waals surface area contributed by atoms with Crippen molar-refractivity contribution in [1.29, 1.82) is 0 Å². The number of hydrogen-bond acceptors (Lipinski definition) is 5. The van der Waals surface area contributed by atoms with E-state index in [0.717, 1.165) is 38.9 Å². The lowest BCUT2D eigenvalue weighted by molar-refractivity contribution is 1.07. The zero-order valence-corrected chi connectivity index (χ0v) is 28.0. The summed E-state index contributed by atoms with van der Waals surface area (Å²) in [5.74, 6) is 1.69. The van der Waals surface area contributed by atoms with Crippen LogP contribution in [0.2, 0.25) is 0 Å². The van der Waals surface area contributed by atoms with Gasteiger partial charge in [-0.05, 0) is 144 Å². The third kappa shape index (κ3) is 5.51. The summed E-state index contributed by atoms with van der Waals surface area (Å²) in [6.45, 7) is 0. The summed E-state index contributed by atoms with van der Waals surface area (Å²) in [6.07, 6.45) is 7.07. The molecule has 0 N–H and O–H groups in total. The van der Waals surface area contributed by atoms with Crippen LogP contribution in [0.3, 0.4) is 0 Å². The molecule has 5 heteroatoms. The first-order valence-corrected chi connectivity index (χ1v) is 17.3. The van der Waals surface area contributed by atoms with Crippen LogP contribution in [0.5, 0.6) is 0 Å². The molecule has 0 saturated heterocycles. The average molecular weight is 664 g/mol. The standard InChI is InChI=1S/C47H29N5/c1-3-9-32-21-40-23-36(15-13-34(40)19-30(32)7-1)42-25-43(37-16-14-35-20-31-8-2-4-10-33(31)22-41(35)24-37)27-44(26-42)47-51-45(38-11-5-17-48-28-38)50-46(52-47)39-12-6-18-49-29-39/h1-29H. The lowest BCUT2D eigenvalue weighted by atomic mass is 9.92. The van der Waals surface area contributed by atoms with Crippen molar-refractivity contribution in [2.75, 3.05) is 0 Å². The van der Waals surface area contributed by atoms with Crippen LogP contribution in [0.4, 0.5) is 0 Å². The molecular formula is C47H29N5. The minimum absolute atomic E-state index is 0.555. The molecule has 0 bridgehead atoms. The van der Waals surface area contributed by atoms with Gasteiger partial charge >= 0.3 is 0 Å². The number of pyridine rings is 2. The van der Waals surface area contributed by atoms with Crippen molar-refractivity contribution in [3.8, 4) is 56.4 Å². The number of fused-ring (bicyclic) bond motifs is 4. The summed E-state index contributed by atoms with van der Waals surface area (Å²) < 4.78 is 0. The second kappa shape index (κ2) is 12.3. The van der Waals surface area contributed by atoms with Crippen molar-refractivity contribution >= 4 is 43.1 Å². The van der Waals surface area contributed by atoms with Crippen LogP contribution in [-0.4, -0.2) is 24.9 Å². The molecule has 10 aromatic rings. The van der Waals surface area contributed by atoms with E-state index in [0.29, 0.717) is 17.5 Å². The Labute approximate surface area is 300 Å². The maximum Gasteiger partial charge on any atom is 0.165 e. The highest BCUT2D eigenvalue weighted by Crippen LogP contribution is 2.36. The monoisotopic (exact) mass is 663 g/mol. The molecule has 5 nitrogen and oxygen atoms in total. The Hall–Kier alpha value is -7.11. The van der Waals surface area contributed by atoms with Crippen molar-refractivity contribution < 1.29 is 0 Å². The molecule has 0 aliphatic carbocycles. The van der Waals surface area contributed by atoms with Gasteiger partial charge in [0.05, 0.1) is 0 Å². The molecule has 0 aliphatic rings. The fourth-order valence-electron chi connectivity index (χ4n) is 7.08. The summed E-state index contributed by atoms with van der Waals surface area (Å²) in [6, 6.07) is 53.9. The average Bonchev–Trinajstić information content (AvgIpc) is 3.22. The van der Waals surface area contributed by atoms with Crippen LogP contribution < -0.4 is 0 Å². The number of rotatable bonds is 5.